The summed E-state index contributed by atoms with van der Waals surface area (Å²) in [5.41, 5.74) is 1.34. The second kappa shape index (κ2) is 6.64. The van der Waals surface area contributed by atoms with Gasteiger partial charge in [0.15, 0.2) is 0 Å². The van der Waals surface area contributed by atoms with E-state index >= 15 is 0 Å². The van der Waals surface area contributed by atoms with Crippen molar-refractivity contribution >= 4 is 21.5 Å². The van der Waals surface area contributed by atoms with Crippen molar-refractivity contribution in [1.29, 1.82) is 0 Å². The molecule has 0 atom stereocenters. The molecule has 0 N–H and O–H groups in total. The van der Waals surface area contributed by atoms with E-state index in [1.807, 2.05) is 0 Å². The molecule has 0 heterocycles. The van der Waals surface area contributed by atoms with Gasteiger partial charge in [0.2, 0.25) is 0 Å². The fraction of sp³-hybridized carbons (Fsp3) is 0.0714. The SMILES string of the molecule is Cc1cc2cc3ccccc3cc2[cH-]1.[Cl-].[Cl-].[Zr+3]. The Kier molecular flexibility index (Phi) is 6.55. The number of rotatable bonds is 0. The van der Waals surface area contributed by atoms with Crippen LogP contribution >= 0.6 is 0 Å². The van der Waals surface area contributed by atoms with Crippen molar-refractivity contribution in [2.75, 3.05) is 0 Å². The molecule has 0 unspecified atom stereocenters. The maximum atomic E-state index is 2.26. The molecular weight excluding hydrogens is 330 g/mol. The summed E-state index contributed by atoms with van der Waals surface area (Å²) in [4.78, 5) is 0. The molecule has 85 valence electrons. The van der Waals surface area contributed by atoms with E-state index in [1.54, 1.807) is 0 Å². The molecule has 0 fully saturated rings. The molecule has 17 heavy (non-hydrogen) atoms. The van der Waals surface area contributed by atoms with Gasteiger partial charge in [0.1, 0.15) is 0 Å². The zero-order chi connectivity index (χ0) is 9.54. The first kappa shape index (κ1) is 16.8. The predicted octanol–water partition coefficient (Wildman–Crippen LogP) is -1.97. The standard InChI is InChI=1S/C14H11.2ClH.Zr/c1-10-6-13-8-11-4-2-3-5-12(11)9-14(13)7-10;;;/h2-9H,1H3;2*1H;/q-1;;;+3/p-2. The van der Waals surface area contributed by atoms with Gasteiger partial charge in [-0.3, -0.25) is 0 Å². The average molecular weight is 341 g/mol. The molecule has 1 radical (unpaired) electrons. The average Bonchev–Trinajstić information content (AvgIpc) is 2.53. The summed E-state index contributed by atoms with van der Waals surface area (Å²) in [6, 6.07) is 17.5. The van der Waals surface area contributed by atoms with E-state index in [-0.39, 0.29) is 51.0 Å². The van der Waals surface area contributed by atoms with E-state index < -0.39 is 0 Å². The molecule has 0 saturated carbocycles. The summed E-state index contributed by atoms with van der Waals surface area (Å²) in [6.45, 7) is 2.14. The van der Waals surface area contributed by atoms with Crippen LogP contribution in [0.15, 0.2) is 48.5 Å². The molecular formula is C14H11Cl2Zr. The predicted molar refractivity (Wildman–Crippen MR) is 61.8 cm³/mol. The molecule has 0 amide bonds. The third-order valence-corrected chi connectivity index (χ3v) is 2.72. The summed E-state index contributed by atoms with van der Waals surface area (Å²) in [6.07, 6.45) is 0. The van der Waals surface area contributed by atoms with Crippen molar-refractivity contribution in [2.24, 2.45) is 0 Å². The number of hydrogen-bond acceptors (Lipinski definition) is 0. The minimum atomic E-state index is 0. The van der Waals surface area contributed by atoms with Crippen molar-refractivity contribution in [1.82, 2.24) is 0 Å². The Morgan fingerprint density at radius 2 is 1.41 bits per heavy atom. The Bertz CT molecular complexity index is 561. The van der Waals surface area contributed by atoms with Crippen molar-refractivity contribution in [2.45, 2.75) is 6.92 Å². The van der Waals surface area contributed by atoms with Crippen molar-refractivity contribution in [3.63, 3.8) is 0 Å². The molecule has 0 saturated heterocycles. The van der Waals surface area contributed by atoms with Crippen LogP contribution in [0.2, 0.25) is 0 Å². The zero-order valence-electron chi connectivity index (χ0n) is 9.37. The van der Waals surface area contributed by atoms with E-state index in [0.29, 0.717) is 0 Å². The molecule has 3 aromatic rings. The summed E-state index contributed by atoms with van der Waals surface area (Å²) >= 11 is 0. The van der Waals surface area contributed by atoms with Crippen LogP contribution in [0.25, 0.3) is 21.5 Å². The van der Waals surface area contributed by atoms with Crippen LogP contribution < -0.4 is 24.8 Å². The Hall–Kier alpha value is -0.227. The molecule has 0 aliphatic heterocycles. The van der Waals surface area contributed by atoms with Gasteiger partial charge >= 0.3 is 26.2 Å². The van der Waals surface area contributed by atoms with Crippen LogP contribution in [-0.4, -0.2) is 0 Å². The summed E-state index contributed by atoms with van der Waals surface area (Å²) in [7, 11) is 0. The maximum absolute atomic E-state index is 2.26. The van der Waals surface area contributed by atoms with E-state index in [0.717, 1.165) is 0 Å². The van der Waals surface area contributed by atoms with Gasteiger partial charge in [-0.15, -0.1) is 28.5 Å². The van der Waals surface area contributed by atoms with Crippen molar-refractivity contribution < 1.29 is 51.0 Å². The Balaban J connectivity index is 0.000000853. The number of benzene rings is 2. The first-order chi connectivity index (χ1) is 6.83. The van der Waals surface area contributed by atoms with Crippen molar-refractivity contribution in [3.05, 3.63) is 54.1 Å². The molecule has 0 aromatic heterocycles. The fourth-order valence-electron chi connectivity index (χ4n) is 2.06. The van der Waals surface area contributed by atoms with E-state index in [2.05, 4.69) is 55.5 Å². The minimum absolute atomic E-state index is 0. The molecule has 0 aliphatic carbocycles. The van der Waals surface area contributed by atoms with Crippen LogP contribution in [0.1, 0.15) is 5.56 Å². The molecule has 0 bridgehead atoms. The topological polar surface area (TPSA) is 0 Å². The Labute approximate surface area is 133 Å². The van der Waals surface area contributed by atoms with Crippen LogP contribution in [0.4, 0.5) is 0 Å². The number of aryl methyl sites for hydroxylation is 1. The van der Waals surface area contributed by atoms with Gasteiger partial charge in [0, 0.05) is 0 Å². The smallest absolute Gasteiger partial charge is 1.00 e. The van der Waals surface area contributed by atoms with Crippen molar-refractivity contribution in [3.8, 4) is 0 Å². The minimum Gasteiger partial charge on any atom is -1.00 e. The molecule has 0 spiro atoms. The van der Waals surface area contributed by atoms with Gasteiger partial charge in [0.25, 0.3) is 0 Å². The van der Waals surface area contributed by atoms with E-state index in [4.69, 9.17) is 0 Å². The fourth-order valence-corrected chi connectivity index (χ4v) is 2.06. The van der Waals surface area contributed by atoms with Crippen LogP contribution in [0.5, 0.6) is 0 Å². The van der Waals surface area contributed by atoms with Gasteiger partial charge in [-0.1, -0.05) is 42.6 Å². The van der Waals surface area contributed by atoms with Crippen LogP contribution in [0.3, 0.4) is 0 Å². The summed E-state index contributed by atoms with van der Waals surface area (Å²) in [5.74, 6) is 0. The Morgan fingerprint density at radius 1 is 0.824 bits per heavy atom. The van der Waals surface area contributed by atoms with E-state index in [9.17, 15) is 0 Å². The quantitative estimate of drug-likeness (QED) is 0.416. The first-order valence-electron chi connectivity index (χ1n) is 4.89. The van der Waals surface area contributed by atoms with Gasteiger partial charge < -0.3 is 24.8 Å². The first-order valence-corrected chi connectivity index (χ1v) is 4.89. The van der Waals surface area contributed by atoms with Gasteiger partial charge in [-0.05, 0) is 5.39 Å². The maximum Gasteiger partial charge on any atom is 3.00 e. The number of halogens is 2. The monoisotopic (exact) mass is 339 g/mol. The van der Waals surface area contributed by atoms with Gasteiger partial charge in [-0.2, -0.15) is 6.07 Å². The largest absolute Gasteiger partial charge is 3.00 e. The van der Waals surface area contributed by atoms with Gasteiger partial charge in [0.05, 0.1) is 0 Å². The third kappa shape index (κ3) is 3.16. The zero-order valence-corrected chi connectivity index (χ0v) is 13.3. The summed E-state index contributed by atoms with van der Waals surface area (Å²) in [5, 5.41) is 5.35. The molecule has 0 nitrogen and oxygen atoms in total. The molecule has 3 heteroatoms. The normalized spacial score (nSPS) is 9.24. The molecule has 0 aliphatic rings. The van der Waals surface area contributed by atoms with Crippen LogP contribution in [-0.2, 0) is 26.2 Å². The van der Waals surface area contributed by atoms with Gasteiger partial charge in [-0.25, -0.2) is 0 Å². The number of fused-ring (bicyclic) bond motifs is 2. The Morgan fingerprint density at radius 3 is 2.06 bits per heavy atom. The molecule has 3 rings (SSSR count). The number of hydrogen-bond donors (Lipinski definition) is 0. The van der Waals surface area contributed by atoms with Crippen LogP contribution in [0, 0.1) is 6.92 Å². The second-order valence-corrected chi connectivity index (χ2v) is 3.86. The third-order valence-electron chi connectivity index (χ3n) is 2.72. The molecule has 3 aromatic carbocycles. The summed E-state index contributed by atoms with van der Waals surface area (Å²) < 4.78 is 0. The van der Waals surface area contributed by atoms with E-state index in [1.165, 1.54) is 27.1 Å². The second-order valence-electron chi connectivity index (χ2n) is 3.86.